The molecule has 0 bridgehead atoms. The number of nitrogens with zero attached hydrogens (tertiary/aromatic N) is 1. The summed E-state index contributed by atoms with van der Waals surface area (Å²) in [6.45, 7) is 1.06. The Morgan fingerprint density at radius 1 is 1.47 bits per heavy atom. The monoisotopic (exact) mass is 307 g/mol. The third-order valence-electron chi connectivity index (χ3n) is 1.80. The number of alkyl halides is 3. The fourth-order valence-corrected chi connectivity index (χ4v) is 1.63. The number of nitriles is 1. The van der Waals surface area contributed by atoms with Crippen molar-refractivity contribution in [1.29, 1.82) is 5.26 Å². The minimum Gasteiger partial charge on any atom is -0.404 e. The second kappa shape index (κ2) is 4.75. The van der Waals surface area contributed by atoms with Crippen LogP contribution in [0.25, 0.3) is 0 Å². The molecule has 0 saturated heterocycles. The van der Waals surface area contributed by atoms with Crippen molar-refractivity contribution >= 4 is 21.7 Å². The van der Waals surface area contributed by atoms with Gasteiger partial charge in [0.25, 0.3) is 0 Å². The summed E-state index contributed by atoms with van der Waals surface area (Å²) < 4.78 is 40.2. The average Bonchev–Trinajstić information content (AvgIpc) is 2.18. The van der Waals surface area contributed by atoms with Crippen LogP contribution in [0.4, 0.5) is 13.2 Å². The summed E-state index contributed by atoms with van der Waals surface area (Å²) in [7, 11) is 0. The van der Waals surface area contributed by atoms with Gasteiger partial charge in [-0.1, -0.05) is 0 Å². The van der Waals surface area contributed by atoms with E-state index in [0.717, 1.165) is 6.92 Å². The summed E-state index contributed by atoms with van der Waals surface area (Å²) in [6, 6.07) is 4.10. The van der Waals surface area contributed by atoms with E-state index in [0.29, 0.717) is 0 Å². The standard InChI is InChI=1S/C10H5BrF3NO2/c1-5(16)8-6(4-15)2-3-7(11)9(8)17-10(12,13)14/h2-3H,1H3. The average molecular weight is 308 g/mol. The van der Waals surface area contributed by atoms with E-state index in [-0.39, 0.29) is 15.6 Å². The molecule has 0 aromatic heterocycles. The van der Waals surface area contributed by atoms with Gasteiger partial charge in [-0.25, -0.2) is 0 Å². The van der Waals surface area contributed by atoms with Crippen LogP contribution < -0.4 is 4.74 Å². The summed E-state index contributed by atoms with van der Waals surface area (Å²) in [6.07, 6.45) is -4.93. The number of benzene rings is 1. The first-order chi connectivity index (χ1) is 7.76. The van der Waals surface area contributed by atoms with Crippen LogP contribution in [0.2, 0.25) is 0 Å². The van der Waals surface area contributed by atoms with Gasteiger partial charge in [0.05, 0.1) is 15.6 Å². The zero-order chi connectivity index (χ0) is 13.2. The highest BCUT2D eigenvalue weighted by atomic mass is 79.9. The number of carbonyl (C=O) groups is 1. The molecule has 0 unspecified atom stereocenters. The molecule has 0 atom stereocenters. The van der Waals surface area contributed by atoms with Crippen molar-refractivity contribution in [2.75, 3.05) is 0 Å². The SMILES string of the molecule is CC(=O)c1c(C#N)ccc(Br)c1OC(F)(F)F. The van der Waals surface area contributed by atoms with Gasteiger partial charge in [-0.15, -0.1) is 13.2 Å². The van der Waals surface area contributed by atoms with Gasteiger partial charge >= 0.3 is 6.36 Å². The molecule has 0 fully saturated rings. The van der Waals surface area contributed by atoms with Crippen molar-refractivity contribution in [2.45, 2.75) is 13.3 Å². The van der Waals surface area contributed by atoms with Gasteiger partial charge in [-0.3, -0.25) is 4.79 Å². The summed E-state index contributed by atoms with van der Waals surface area (Å²) in [4.78, 5) is 11.3. The van der Waals surface area contributed by atoms with Gasteiger partial charge in [-0.2, -0.15) is 5.26 Å². The Bertz CT molecular complexity index is 505. The van der Waals surface area contributed by atoms with Crippen molar-refractivity contribution in [3.8, 4) is 11.8 Å². The number of Topliss-reactive ketones (excluding diaryl/α,β-unsaturated/α-hetero) is 1. The topological polar surface area (TPSA) is 50.1 Å². The molecule has 0 saturated carbocycles. The van der Waals surface area contributed by atoms with Gasteiger partial charge in [0, 0.05) is 0 Å². The lowest BCUT2D eigenvalue weighted by Gasteiger charge is -2.14. The Balaban J connectivity index is 3.46. The highest BCUT2D eigenvalue weighted by Crippen LogP contribution is 2.35. The molecular formula is C10H5BrF3NO2. The van der Waals surface area contributed by atoms with Crippen molar-refractivity contribution in [3.05, 3.63) is 27.7 Å². The Labute approximate surface area is 103 Å². The van der Waals surface area contributed by atoms with Crippen LogP contribution in [0.3, 0.4) is 0 Å². The summed E-state index contributed by atoms with van der Waals surface area (Å²) >= 11 is 2.84. The Morgan fingerprint density at radius 3 is 2.47 bits per heavy atom. The molecule has 1 aromatic carbocycles. The van der Waals surface area contributed by atoms with Gasteiger partial charge in [-0.05, 0) is 35.0 Å². The van der Waals surface area contributed by atoms with Crippen molar-refractivity contribution in [1.82, 2.24) is 0 Å². The predicted octanol–water partition coefficient (Wildman–Crippen LogP) is 3.42. The molecule has 3 nitrogen and oxygen atoms in total. The van der Waals surface area contributed by atoms with Crippen LogP contribution in [0, 0.1) is 11.3 Å². The van der Waals surface area contributed by atoms with Gasteiger partial charge in [0.1, 0.15) is 6.07 Å². The molecule has 0 amide bonds. The highest BCUT2D eigenvalue weighted by molar-refractivity contribution is 9.10. The molecule has 0 N–H and O–H groups in total. The molecule has 7 heteroatoms. The van der Waals surface area contributed by atoms with Crippen LogP contribution in [-0.2, 0) is 0 Å². The predicted molar refractivity (Wildman–Crippen MR) is 55.5 cm³/mol. The van der Waals surface area contributed by atoms with Crippen molar-refractivity contribution < 1.29 is 22.7 Å². The lowest BCUT2D eigenvalue weighted by molar-refractivity contribution is -0.275. The smallest absolute Gasteiger partial charge is 0.404 e. The minimum atomic E-state index is -4.93. The second-order valence-electron chi connectivity index (χ2n) is 3.01. The third kappa shape index (κ3) is 3.20. The minimum absolute atomic E-state index is 0.0426. The van der Waals surface area contributed by atoms with E-state index in [1.165, 1.54) is 12.1 Å². The molecule has 0 heterocycles. The number of carbonyl (C=O) groups excluding carboxylic acids is 1. The number of ether oxygens (including phenoxy) is 1. The number of halogens is 4. The van der Waals surface area contributed by atoms with E-state index >= 15 is 0 Å². The van der Waals surface area contributed by atoms with Crippen LogP contribution in [0.1, 0.15) is 22.8 Å². The molecule has 1 rings (SSSR count). The van der Waals surface area contributed by atoms with Crippen LogP contribution in [0.5, 0.6) is 5.75 Å². The Morgan fingerprint density at radius 2 is 2.06 bits per heavy atom. The summed E-state index contributed by atoms with van der Waals surface area (Å²) in [5.41, 5.74) is -0.556. The fourth-order valence-electron chi connectivity index (χ4n) is 1.22. The Kier molecular flexibility index (Phi) is 3.78. The molecular weight excluding hydrogens is 303 g/mol. The lowest BCUT2D eigenvalue weighted by atomic mass is 10.0. The maximum Gasteiger partial charge on any atom is 0.573 e. The maximum atomic E-state index is 12.2. The molecule has 0 spiro atoms. The lowest BCUT2D eigenvalue weighted by Crippen LogP contribution is -2.19. The molecule has 1 aromatic rings. The van der Waals surface area contributed by atoms with E-state index in [1.54, 1.807) is 6.07 Å². The number of rotatable bonds is 2. The van der Waals surface area contributed by atoms with Crippen LogP contribution >= 0.6 is 15.9 Å². The number of hydrogen-bond donors (Lipinski definition) is 0. The molecule has 0 aliphatic heterocycles. The molecule has 0 aliphatic carbocycles. The van der Waals surface area contributed by atoms with Gasteiger partial charge in [0.2, 0.25) is 0 Å². The molecule has 0 radical (unpaired) electrons. The van der Waals surface area contributed by atoms with Crippen molar-refractivity contribution in [2.24, 2.45) is 0 Å². The largest absolute Gasteiger partial charge is 0.573 e. The van der Waals surface area contributed by atoms with E-state index < -0.39 is 17.9 Å². The van der Waals surface area contributed by atoms with Crippen LogP contribution in [-0.4, -0.2) is 12.1 Å². The number of hydrogen-bond acceptors (Lipinski definition) is 3. The normalized spacial score (nSPS) is 10.8. The number of ketones is 1. The van der Waals surface area contributed by atoms with Crippen LogP contribution in [0.15, 0.2) is 16.6 Å². The summed E-state index contributed by atoms with van der Waals surface area (Å²) in [5.74, 6) is -1.37. The highest BCUT2D eigenvalue weighted by Gasteiger charge is 2.34. The Hall–Kier alpha value is -1.55. The van der Waals surface area contributed by atoms with Gasteiger partial charge in [0.15, 0.2) is 11.5 Å². The first-order valence-electron chi connectivity index (χ1n) is 4.25. The fraction of sp³-hybridized carbons (Fsp3) is 0.200. The molecule has 17 heavy (non-hydrogen) atoms. The van der Waals surface area contributed by atoms with E-state index in [9.17, 15) is 18.0 Å². The van der Waals surface area contributed by atoms with Gasteiger partial charge < -0.3 is 4.74 Å². The zero-order valence-electron chi connectivity index (χ0n) is 8.43. The first kappa shape index (κ1) is 13.5. The summed E-state index contributed by atoms with van der Waals surface area (Å²) in [5, 5.41) is 8.73. The van der Waals surface area contributed by atoms with E-state index in [4.69, 9.17) is 5.26 Å². The van der Waals surface area contributed by atoms with Crippen molar-refractivity contribution in [3.63, 3.8) is 0 Å². The van der Waals surface area contributed by atoms with E-state index in [2.05, 4.69) is 20.7 Å². The second-order valence-corrected chi connectivity index (χ2v) is 3.87. The maximum absolute atomic E-state index is 12.2. The van der Waals surface area contributed by atoms with E-state index in [1.807, 2.05) is 0 Å². The zero-order valence-corrected chi connectivity index (χ0v) is 10.0. The molecule has 90 valence electrons. The first-order valence-corrected chi connectivity index (χ1v) is 5.05. The third-order valence-corrected chi connectivity index (χ3v) is 2.42. The molecule has 0 aliphatic rings. The quantitative estimate of drug-likeness (QED) is 0.787.